The van der Waals surface area contributed by atoms with E-state index in [0.29, 0.717) is 49.1 Å². The van der Waals surface area contributed by atoms with Gasteiger partial charge in [0.05, 0.1) is 35.1 Å². The maximum absolute atomic E-state index is 15.4. The van der Waals surface area contributed by atoms with Gasteiger partial charge < -0.3 is 23.5 Å². The van der Waals surface area contributed by atoms with Gasteiger partial charge in [0, 0.05) is 95.4 Å². The molecule has 0 saturated carbocycles. The first kappa shape index (κ1) is 38.9. The molecule has 0 bridgehead atoms. The van der Waals surface area contributed by atoms with Gasteiger partial charge in [-0.2, -0.15) is 5.10 Å². The summed E-state index contributed by atoms with van der Waals surface area (Å²) in [6, 6.07) is 18.0. The van der Waals surface area contributed by atoms with Crippen LogP contribution in [0, 0.1) is 27.7 Å². The van der Waals surface area contributed by atoms with Crippen molar-refractivity contribution in [2.24, 2.45) is 14.1 Å². The maximum atomic E-state index is 15.4. The molecule has 6 heterocycles. The van der Waals surface area contributed by atoms with Gasteiger partial charge in [0.15, 0.2) is 11.5 Å². The van der Waals surface area contributed by atoms with Crippen molar-refractivity contribution in [1.82, 2.24) is 33.5 Å². The van der Waals surface area contributed by atoms with Gasteiger partial charge in [-0.05, 0) is 107 Å². The number of fused-ring (bicyclic) bond motifs is 5. The third kappa shape index (κ3) is 6.38. The Labute approximate surface area is 352 Å². The van der Waals surface area contributed by atoms with E-state index in [9.17, 15) is 0 Å². The average molecular weight is 830 g/mol. The number of nitrogens with zero attached hydrogens (tertiary/aromatic N) is 8. The number of aryl methyl sites for hydroxylation is 6. The highest BCUT2D eigenvalue weighted by Crippen LogP contribution is 2.46. The molecule has 0 aliphatic carbocycles. The molecule has 0 saturated heterocycles. The van der Waals surface area contributed by atoms with Crippen molar-refractivity contribution in [2.45, 2.75) is 60.1 Å². The lowest BCUT2D eigenvalue weighted by Crippen LogP contribution is -2.42. The van der Waals surface area contributed by atoms with Crippen molar-refractivity contribution in [3.8, 4) is 28.3 Å². The second kappa shape index (κ2) is 14.9. The fourth-order valence-corrected chi connectivity index (χ4v) is 9.37. The molecule has 1 atom stereocenters. The van der Waals surface area contributed by atoms with Crippen LogP contribution in [0.2, 0.25) is 10.0 Å². The molecule has 0 radical (unpaired) electrons. The molecule has 1 aliphatic rings. The summed E-state index contributed by atoms with van der Waals surface area (Å²) in [6.45, 7) is 11.6. The van der Waals surface area contributed by atoms with Crippen molar-refractivity contribution in [1.29, 1.82) is 0 Å². The van der Waals surface area contributed by atoms with Crippen LogP contribution in [-0.4, -0.2) is 59.7 Å². The zero-order valence-electron chi connectivity index (χ0n) is 34.5. The highest BCUT2D eigenvalue weighted by molar-refractivity contribution is 6.35. The minimum atomic E-state index is -0.0949. The molecule has 1 amide bonds. The van der Waals surface area contributed by atoms with E-state index in [1.165, 1.54) is 0 Å². The summed E-state index contributed by atoms with van der Waals surface area (Å²) < 4.78 is 19.7. The number of hydrogen-bond donors (Lipinski definition) is 0. The summed E-state index contributed by atoms with van der Waals surface area (Å²) in [4.78, 5) is 22.2. The predicted molar refractivity (Wildman–Crippen MR) is 235 cm³/mol. The van der Waals surface area contributed by atoms with Gasteiger partial charge in [-0.15, -0.1) is 5.10 Å². The smallest absolute Gasteiger partial charge is 0.275 e. The Morgan fingerprint density at radius 1 is 0.932 bits per heavy atom. The van der Waals surface area contributed by atoms with E-state index in [1.807, 2.05) is 87.0 Å². The Balaban J connectivity index is 1.16. The van der Waals surface area contributed by atoms with Gasteiger partial charge in [0.1, 0.15) is 11.4 Å². The summed E-state index contributed by atoms with van der Waals surface area (Å²) in [5.74, 6) is 1.32. The second-order valence-corrected chi connectivity index (χ2v) is 16.6. The number of halogens is 2. The zero-order valence-corrected chi connectivity index (χ0v) is 36.0. The first-order valence-electron chi connectivity index (χ1n) is 19.9. The summed E-state index contributed by atoms with van der Waals surface area (Å²) in [6.07, 6.45) is 5.25. The van der Waals surface area contributed by atoms with Crippen molar-refractivity contribution >= 4 is 62.2 Å². The molecule has 0 N–H and O–H groups in total. The molecule has 0 spiro atoms. The quantitative estimate of drug-likeness (QED) is 0.127. The van der Waals surface area contributed by atoms with Crippen LogP contribution in [0.4, 0.5) is 5.69 Å². The molecular formula is C46H46Cl2N8O3. The lowest BCUT2D eigenvalue weighted by Gasteiger charge is -2.34. The minimum Gasteiger partial charge on any atom is -0.494 e. The normalized spacial score (nSPS) is 14.4. The lowest BCUT2D eigenvalue weighted by molar-refractivity contribution is 0.0957. The number of carbonyl (C=O) groups is 1. The molecule has 13 heteroatoms. The number of benzene rings is 3. The van der Waals surface area contributed by atoms with Crippen LogP contribution < -0.4 is 9.64 Å². The van der Waals surface area contributed by atoms with E-state index in [4.69, 9.17) is 47.9 Å². The minimum absolute atomic E-state index is 0.0613. The number of anilines is 1. The maximum Gasteiger partial charge on any atom is 0.275 e. The Morgan fingerprint density at radius 3 is 2.44 bits per heavy atom. The molecule has 59 heavy (non-hydrogen) atoms. The number of carbonyl (C=O) groups excluding carboxylic acids is 1. The van der Waals surface area contributed by atoms with Gasteiger partial charge >= 0.3 is 0 Å². The molecule has 11 nitrogen and oxygen atoms in total. The van der Waals surface area contributed by atoms with E-state index >= 15 is 4.79 Å². The Morgan fingerprint density at radius 2 is 1.71 bits per heavy atom. The number of rotatable bonds is 10. The van der Waals surface area contributed by atoms with Gasteiger partial charge in [0.2, 0.25) is 0 Å². The second-order valence-electron chi connectivity index (χ2n) is 15.8. The van der Waals surface area contributed by atoms with Crippen molar-refractivity contribution in [3.63, 3.8) is 0 Å². The number of hydrogen-bond acceptors (Lipinski definition) is 6. The van der Waals surface area contributed by atoms with Crippen LogP contribution >= 0.6 is 23.2 Å². The van der Waals surface area contributed by atoms with Crippen LogP contribution in [0.3, 0.4) is 0 Å². The van der Waals surface area contributed by atoms with Crippen LogP contribution in [0.1, 0.15) is 63.5 Å². The molecule has 8 aromatic rings. The standard InChI is InChI=1S/C46H46Cl2N8O3/c1-25-19-32(20-26(2)41(25)48)59-18-10-12-33-34-14-15-36(47)40(39-28(4)50-53(7)29(39)5)42(34)56-27(3)22-54(46(57)43(33)56)38-23-52(6)37-16-13-30(21-35(37)38)44-49-45-31(24-58-8)11-9-17-55(45)51-44/h9,11,13-17,19-21,23,27H,10,12,18,22,24H2,1-8H3/t27-/m1/s1. The summed E-state index contributed by atoms with van der Waals surface area (Å²) in [5.41, 5.74) is 12.7. The van der Waals surface area contributed by atoms with Crippen molar-refractivity contribution < 1.29 is 14.3 Å². The number of aromatic nitrogens is 7. The molecule has 0 unspecified atom stereocenters. The topological polar surface area (TPSA) is 96.6 Å². The Kier molecular flexibility index (Phi) is 9.81. The largest absolute Gasteiger partial charge is 0.494 e. The number of ether oxygens (including phenoxy) is 2. The summed E-state index contributed by atoms with van der Waals surface area (Å²) in [5, 5.41) is 12.9. The molecular weight excluding hydrogens is 783 g/mol. The Hall–Kier alpha value is -5.62. The average Bonchev–Trinajstić information content (AvgIpc) is 3.95. The van der Waals surface area contributed by atoms with Gasteiger partial charge in [-0.1, -0.05) is 35.3 Å². The first-order valence-corrected chi connectivity index (χ1v) is 20.6. The van der Waals surface area contributed by atoms with Gasteiger partial charge in [0.25, 0.3) is 5.91 Å². The van der Waals surface area contributed by atoms with E-state index in [1.54, 1.807) is 11.6 Å². The first-order chi connectivity index (χ1) is 28.4. The van der Waals surface area contributed by atoms with E-state index in [-0.39, 0.29) is 11.9 Å². The fraction of sp³-hybridized carbons (Fsp3) is 0.304. The van der Waals surface area contributed by atoms with Crippen LogP contribution in [0.25, 0.3) is 50.0 Å². The number of methoxy groups -OCH3 is 1. The van der Waals surface area contributed by atoms with E-state index in [0.717, 1.165) is 94.2 Å². The molecule has 5 aromatic heterocycles. The number of amides is 1. The molecule has 9 rings (SSSR count). The van der Waals surface area contributed by atoms with Crippen LogP contribution in [-0.2, 0) is 31.9 Å². The molecule has 1 aliphatic heterocycles. The van der Waals surface area contributed by atoms with Crippen molar-refractivity contribution in [2.75, 3.05) is 25.2 Å². The third-order valence-electron chi connectivity index (χ3n) is 11.8. The third-order valence-corrected chi connectivity index (χ3v) is 12.7. The molecule has 0 fully saturated rings. The van der Waals surface area contributed by atoms with E-state index < -0.39 is 0 Å². The summed E-state index contributed by atoms with van der Waals surface area (Å²) in [7, 11) is 5.64. The van der Waals surface area contributed by atoms with Crippen LogP contribution in [0.15, 0.2) is 67.0 Å². The van der Waals surface area contributed by atoms with Crippen LogP contribution in [0.5, 0.6) is 5.75 Å². The van der Waals surface area contributed by atoms with Gasteiger partial charge in [-0.25, -0.2) is 9.50 Å². The zero-order chi connectivity index (χ0) is 41.4. The van der Waals surface area contributed by atoms with Gasteiger partial charge in [-0.3, -0.25) is 9.48 Å². The fourth-order valence-electron chi connectivity index (χ4n) is 9.01. The molecule has 3 aromatic carbocycles. The number of pyridine rings is 1. The monoisotopic (exact) mass is 828 g/mol. The predicted octanol–water partition coefficient (Wildman–Crippen LogP) is 10.2. The highest BCUT2D eigenvalue weighted by Gasteiger charge is 2.37. The Bertz CT molecular complexity index is 2970. The SMILES string of the molecule is COCc1cccn2nc(-c3ccc4c(c3)c(N3C[C@@H](C)n5c(c(CCCOc6cc(C)c(Cl)c(C)c6)c6ccc(Cl)c(-c7c(C)nn(C)c7C)c65)C3=O)cn4C)nc12. The highest BCUT2D eigenvalue weighted by atomic mass is 35.5. The van der Waals surface area contributed by atoms with E-state index in [2.05, 4.69) is 47.4 Å². The van der Waals surface area contributed by atoms with Crippen molar-refractivity contribution in [3.05, 3.63) is 116 Å². The molecule has 302 valence electrons. The summed E-state index contributed by atoms with van der Waals surface area (Å²) >= 11 is 13.6. The lowest BCUT2D eigenvalue weighted by atomic mass is 9.98.